The monoisotopic (exact) mass is 232 g/mol. The van der Waals surface area contributed by atoms with Crippen molar-refractivity contribution in [2.75, 3.05) is 13.2 Å². The molecule has 1 aromatic carbocycles. The average Bonchev–Trinajstić information content (AvgIpc) is 2.58. The molecule has 1 aliphatic carbocycles. The summed E-state index contributed by atoms with van der Waals surface area (Å²) in [6, 6.07) is 7.79. The van der Waals surface area contributed by atoms with Gasteiger partial charge in [0.15, 0.2) is 11.6 Å². The summed E-state index contributed by atoms with van der Waals surface area (Å²) in [5, 5.41) is 0. The Morgan fingerprint density at radius 1 is 1.12 bits per heavy atom. The molecule has 1 spiro atoms. The van der Waals surface area contributed by atoms with E-state index in [4.69, 9.17) is 9.47 Å². The Bertz CT molecular complexity index is 466. The lowest BCUT2D eigenvalue weighted by Gasteiger charge is -2.40. The fraction of sp³-hybridized carbons (Fsp3) is 0.500. The molecule has 0 bridgehead atoms. The van der Waals surface area contributed by atoms with Gasteiger partial charge in [0.2, 0.25) is 0 Å². The van der Waals surface area contributed by atoms with E-state index in [0.29, 0.717) is 13.2 Å². The van der Waals surface area contributed by atoms with Crippen molar-refractivity contribution in [3.05, 3.63) is 35.4 Å². The first-order valence-electron chi connectivity index (χ1n) is 5.93. The number of rotatable bonds is 0. The van der Waals surface area contributed by atoms with Crippen LogP contribution in [0.4, 0.5) is 0 Å². The van der Waals surface area contributed by atoms with Crippen molar-refractivity contribution in [3.63, 3.8) is 0 Å². The van der Waals surface area contributed by atoms with Crippen LogP contribution in [-0.2, 0) is 15.9 Å². The number of Topliss-reactive ketones (excluding diaryl/α,β-unsaturated/α-hetero) is 1. The van der Waals surface area contributed by atoms with Gasteiger partial charge in [0, 0.05) is 5.56 Å². The van der Waals surface area contributed by atoms with Gasteiger partial charge in [-0.05, 0) is 25.8 Å². The molecule has 0 saturated carbocycles. The molecule has 3 rings (SSSR count). The van der Waals surface area contributed by atoms with Gasteiger partial charge in [0.05, 0.1) is 18.6 Å². The molecule has 90 valence electrons. The highest BCUT2D eigenvalue weighted by atomic mass is 16.7. The van der Waals surface area contributed by atoms with Gasteiger partial charge in [-0.15, -0.1) is 0 Å². The lowest BCUT2D eigenvalue weighted by Crippen LogP contribution is -2.49. The molecule has 0 amide bonds. The third kappa shape index (κ3) is 1.61. The zero-order chi connectivity index (χ0) is 12.1. The summed E-state index contributed by atoms with van der Waals surface area (Å²) in [6.45, 7) is 4.67. The van der Waals surface area contributed by atoms with Crippen LogP contribution in [-0.4, -0.2) is 24.8 Å². The number of hydrogen-bond acceptors (Lipinski definition) is 3. The number of carbonyl (C=O) groups is 1. The lowest BCUT2D eigenvalue weighted by atomic mass is 9.84. The third-order valence-electron chi connectivity index (χ3n) is 3.66. The van der Waals surface area contributed by atoms with Gasteiger partial charge in [-0.3, -0.25) is 4.79 Å². The second kappa shape index (κ2) is 3.40. The molecule has 1 heterocycles. The van der Waals surface area contributed by atoms with E-state index in [9.17, 15) is 4.79 Å². The van der Waals surface area contributed by atoms with Gasteiger partial charge in [0.25, 0.3) is 0 Å². The molecule has 0 aromatic heterocycles. The maximum atomic E-state index is 12.4. The smallest absolute Gasteiger partial charge is 0.174 e. The normalized spacial score (nSPS) is 24.9. The van der Waals surface area contributed by atoms with Crippen molar-refractivity contribution in [1.82, 2.24) is 0 Å². The SMILES string of the molecule is CC1(C)OCC2(CO1)Cc1ccccc1C2=O. The summed E-state index contributed by atoms with van der Waals surface area (Å²) in [5.41, 5.74) is 1.46. The zero-order valence-corrected chi connectivity index (χ0v) is 10.2. The predicted octanol–water partition coefficient (Wildman–Crippen LogP) is 2.19. The van der Waals surface area contributed by atoms with Crippen molar-refractivity contribution in [2.24, 2.45) is 5.41 Å². The van der Waals surface area contributed by atoms with Crippen LogP contribution >= 0.6 is 0 Å². The summed E-state index contributed by atoms with van der Waals surface area (Å²) in [7, 11) is 0. The van der Waals surface area contributed by atoms with Crippen LogP contribution in [0.1, 0.15) is 29.8 Å². The molecule has 1 aromatic rings. The van der Waals surface area contributed by atoms with Crippen LogP contribution in [0.15, 0.2) is 24.3 Å². The van der Waals surface area contributed by atoms with E-state index in [0.717, 1.165) is 17.5 Å². The highest BCUT2D eigenvalue weighted by Crippen LogP contribution is 2.41. The second-order valence-electron chi connectivity index (χ2n) is 5.42. The molecule has 1 saturated heterocycles. The van der Waals surface area contributed by atoms with Crippen molar-refractivity contribution in [3.8, 4) is 0 Å². The summed E-state index contributed by atoms with van der Waals surface area (Å²) in [4.78, 5) is 12.4. The van der Waals surface area contributed by atoms with E-state index in [1.807, 2.05) is 38.1 Å². The molecule has 1 aliphatic heterocycles. The van der Waals surface area contributed by atoms with Crippen molar-refractivity contribution < 1.29 is 14.3 Å². The Labute approximate surface area is 101 Å². The Morgan fingerprint density at radius 3 is 2.41 bits per heavy atom. The first-order valence-corrected chi connectivity index (χ1v) is 5.93. The number of benzene rings is 1. The first kappa shape index (κ1) is 10.9. The van der Waals surface area contributed by atoms with Crippen molar-refractivity contribution in [2.45, 2.75) is 26.1 Å². The average molecular weight is 232 g/mol. The molecule has 0 atom stereocenters. The van der Waals surface area contributed by atoms with Crippen molar-refractivity contribution >= 4 is 5.78 Å². The van der Waals surface area contributed by atoms with Gasteiger partial charge in [-0.2, -0.15) is 0 Å². The predicted molar refractivity (Wildman–Crippen MR) is 62.9 cm³/mol. The highest BCUT2D eigenvalue weighted by Gasteiger charge is 2.50. The highest BCUT2D eigenvalue weighted by molar-refractivity contribution is 6.05. The summed E-state index contributed by atoms with van der Waals surface area (Å²) >= 11 is 0. The minimum Gasteiger partial charge on any atom is -0.349 e. The van der Waals surface area contributed by atoms with Gasteiger partial charge in [-0.25, -0.2) is 0 Å². The third-order valence-corrected chi connectivity index (χ3v) is 3.66. The zero-order valence-electron chi connectivity index (χ0n) is 10.2. The van der Waals surface area contributed by atoms with E-state index in [-0.39, 0.29) is 5.78 Å². The molecular weight excluding hydrogens is 216 g/mol. The van der Waals surface area contributed by atoms with E-state index in [1.54, 1.807) is 0 Å². The summed E-state index contributed by atoms with van der Waals surface area (Å²) < 4.78 is 11.3. The van der Waals surface area contributed by atoms with Crippen LogP contribution in [0.2, 0.25) is 0 Å². The first-order chi connectivity index (χ1) is 8.03. The van der Waals surface area contributed by atoms with E-state index in [1.165, 1.54) is 0 Å². The molecule has 0 unspecified atom stereocenters. The molecule has 0 radical (unpaired) electrons. The van der Waals surface area contributed by atoms with Crippen LogP contribution in [0, 0.1) is 5.41 Å². The lowest BCUT2D eigenvalue weighted by molar-refractivity contribution is -0.274. The number of ether oxygens (including phenoxy) is 2. The van der Waals surface area contributed by atoms with Gasteiger partial charge >= 0.3 is 0 Å². The molecule has 3 nitrogen and oxygen atoms in total. The molecule has 2 aliphatic rings. The van der Waals surface area contributed by atoms with Crippen molar-refractivity contribution in [1.29, 1.82) is 0 Å². The Morgan fingerprint density at radius 2 is 1.76 bits per heavy atom. The number of hydrogen-bond donors (Lipinski definition) is 0. The largest absolute Gasteiger partial charge is 0.349 e. The second-order valence-corrected chi connectivity index (χ2v) is 5.42. The molecule has 1 fully saturated rings. The number of carbonyl (C=O) groups excluding carboxylic acids is 1. The fourth-order valence-corrected chi connectivity index (χ4v) is 2.57. The quantitative estimate of drug-likeness (QED) is 0.688. The maximum absolute atomic E-state index is 12.4. The minimum absolute atomic E-state index is 0.170. The molecule has 0 N–H and O–H groups in total. The standard InChI is InChI=1S/C14H16O3/c1-13(2)16-8-14(9-17-13)7-10-5-3-4-6-11(10)12(14)15/h3-6H,7-9H2,1-2H3. The fourth-order valence-electron chi connectivity index (χ4n) is 2.57. The summed E-state index contributed by atoms with van der Waals surface area (Å²) in [5.74, 6) is -0.399. The van der Waals surface area contributed by atoms with Crippen LogP contribution in [0.5, 0.6) is 0 Å². The molecule has 3 heteroatoms. The van der Waals surface area contributed by atoms with E-state index >= 15 is 0 Å². The van der Waals surface area contributed by atoms with Crippen LogP contribution in [0.25, 0.3) is 0 Å². The topological polar surface area (TPSA) is 35.5 Å². The van der Waals surface area contributed by atoms with Crippen LogP contribution in [0.3, 0.4) is 0 Å². The van der Waals surface area contributed by atoms with Gasteiger partial charge < -0.3 is 9.47 Å². The van der Waals surface area contributed by atoms with E-state index < -0.39 is 11.2 Å². The Hall–Kier alpha value is -1.19. The van der Waals surface area contributed by atoms with Gasteiger partial charge in [0.1, 0.15) is 0 Å². The van der Waals surface area contributed by atoms with E-state index in [2.05, 4.69) is 0 Å². The number of ketones is 1. The summed E-state index contributed by atoms with van der Waals surface area (Å²) in [6.07, 6.45) is 0.734. The van der Waals surface area contributed by atoms with Crippen LogP contribution < -0.4 is 0 Å². The Balaban J connectivity index is 1.92. The maximum Gasteiger partial charge on any atom is 0.174 e. The Kier molecular flexibility index (Phi) is 2.19. The van der Waals surface area contributed by atoms with Gasteiger partial charge in [-0.1, -0.05) is 24.3 Å². The number of fused-ring (bicyclic) bond motifs is 1. The molecule has 17 heavy (non-hydrogen) atoms. The minimum atomic E-state index is -0.569. The molecular formula is C14H16O3.